The van der Waals surface area contributed by atoms with Gasteiger partial charge in [-0.15, -0.1) is 0 Å². The number of nitrogens with one attached hydrogen (secondary N) is 2. The van der Waals surface area contributed by atoms with Crippen LogP contribution in [0.15, 0.2) is 48.5 Å². The number of carboxylic acids is 3. The van der Waals surface area contributed by atoms with Gasteiger partial charge in [-0.1, -0.05) is 42.2 Å². The van der Waals surface area contributed by atoms with Crippen molar-refractivity contribution in [2.75, 3.05) is 96.5 Å². The molecule has 5 N–H and O–H groups in total. The fourth-order valence-electron chi connectivity index (χ4n) is 6.10. The topological polar surface area (TPSA) is 203 Å². The van der Waals surface area contributed by atoms with Crippen LogP contribution in [0.2, 0.25) is 0 Å². The first kappa shape index (κ1) is 40.4. The summed E-state index contributed by atoms with van der Waals surface area (Å²) in [7, 11) is 0. The van der Waals surface area contributed by atoms with E-state index in [0.29, 0.717) is 25.3 Å². The zero-order valence-electron chi connectivity index (χ0n) is 29.7. The fourth-order valence-corrected chi connectivity index (χ4v) is 6.10. The van der Waals surface area contributed by atoms with Gasteiger partial charge in [-0.25, -0.2) is 0 Å². The van der Waals surface area contributed by atoms with Gasteiger partial charge in [-0.2, -0.15) is 0 Å². The molecular formula is C37H47N7O9. The molecule has 16 nitrogen and oxygen atoms in total. The summed E-state index contributed by atoms with van der Waals surface area (Å²) in [6.07, 6.45) is -0.0627. The van der Waals surface area contributed by atoms with Gasteiger partial charge in [0.15, 0.2) is 0 Å². The summed E-state index contributed by atoms with van der Waals surface area (Å²) in [5.41, 5.74) is 3.17. The van der Waals surface area contributed by atoms with Crippen LogP contribution in [-0.2, 0) is 35.3 Å². The quantitative estimate of drug-likeness (QED) is 0.122. The molecule has 2 aromatic rings. The van der Waals surface area contributed by atoms with Crippen LogP contribution in [0.3, 0.4) is 0 Å². The first-order valence-electron chi connectivity index (χ1n) is 17.5. The van der Waals surface area contributed by atoms with E-state index in [2.05, 4.69) is 22.5 Å². The van der Waals surface area contributed by atoms with E-state index in [4.69, 9.17) is 0 Å². The van der Waals surface area contributed by atoms with Crippen molar-refractivity contribution in [1.82, 2.24) is 30.2 Å². The summed E-state index contributed by atoms with van der Waals surface area (Å²) in [6.45, 7) is 2.08. The highest BCUT2D eigenvalue weighted by Crippen LogP contribution is 2.26. The fraction of sp³-hybridized carbons (Fsp3) is 0.459. The summed E-state index contributed by atoms with van der Waals surface area (Å²) in [6, 6.07) is 15.0. The minimum atomic E-state index is -1.04. The lowest BCUT2D eigenvalue weighted by atomic mass is 10.0. The summed E-state index contributed by atoms with van der Waals surface area (Å²) >= 11 is 0. The lowest BCUT2D eigenvalue weighted by Gasteiger charge is -2.32. The maximum atomic E-state index is 13.4. The molecule has 0 radical (unpaired) electrons. The number of hydrogen-bond acceptors (Lipinski definition) is 10. The Balaban J connectivity index is 1.26. The lowest BCUT2D eigenvalue weighted by molar-refractivity contribution is -0.140. The average Bonchev–Trinajstić information content (AvgIpc) is 3.10. The van der Waals surface area contributed by atoms with E-state index in [-0.39, 0.29) is 109 Å². The zero-order valence-corrected chi connectivity index (χ0v) is 29.7. The average molecular weight is 734 g/mol. The van der Waals surface area contributed by atoms with Crippen LogP contribution in [0.4, 0.5) is 5.69 Å². The zero-order chi connectivity index (χ0) is 38.2. The number of carbonyl (C=O) groups excluding carboxylic acids is 3. The standard InChI is InChI=1S/C37H47N7O9/c45-32(11-12-34(47)44-23-30-7-2-1-5-28(30)9-10-29-6-3-4-8-31(29)44)38-13-14-39-33(46)24-40-15-17-41(25-35(48)49)19-21-43(27-37(52)53)22-20-42(18-16-40)26-36(50)51/h1-8H,11-27H2,(H,38,45)(H,39,46)(H,48,49)(H,50,51)(H,52,53). The van der Waals surface area contributed by atoms with Crippen molar-refractivity contribution < 1.29 is 44.1 Å². The molecule has 3 amide bonds. The number of nitrogens with zero attached hydrogens (tertiary/aromatic N) is 5. The molecule has 0 unspecified atom stereocenters. The van der Waals surface area contributed by atoms with Gasteiger partial charge in [0.2, 0.25) is 17.7 Å². The third kappa shape index (κ3) is 14.0. The van der Waals surface area contributed by atoms with Crippen molar-refractivity contribution >= 4 is 41.3 Å². The smallest absolute Gasteiger partial charge is 0.317 e. The van der Waals surface area contributed by atoms with Crippen LogP contribution in [0, 0.1) is 11.8 Å². The highest BCUT2D eigenvalue weighted by Gasteiger charge is 2.23. The second kappa shape index (κ2) is 20.6. The van der Waals surface area contributed by atoms with Crippen molar-refractivity contribution in [2.45, 2.75) is 19.4 Å². The normalized spacial score (nSPS) is 16.2. The van der Waals surface area contributed by atoms with Crippen LogP contribution >= 0.6 is 0 Å². The molecule has 0 spiro atoms. The molecule has 0 saturated carbocycles. The van der Waals surface area contributed by atoms with Crippen molar-refractivity contribution in [1.29, 1.82) is 0 Å². The highest BCUT2D eigenvalue weighted by atomic mass is 16.4. The number of carboxylic acid groups (broad SMARTS) is 3. The molecule has 53 heavy (non-hydrogen) atoms. The predicted molar refractivity (Wildman–Crippen MR) is 194 cm³/mol. The Labute approximate surface area is 308 Å². The third-order valence-electron chi connectivity index (χ3n) is 8.88. The van der Waals surface area contributed by atoms with E-state index >= 15 is 0 Å². The molecule has 2 aliphatic heterocycles. The number of aliphatic carboxylic acids is 3. The SMILES string of the molecule is O=C(O)CN1CCN(CC(=O)O)CCN(CC(=O)NCCNC(=O)CCC(=O)N2Cc3ccccc3C#Cc3ccccc32)CCN(CC(=O)O)CC1. The first-order chi connectivity index (χ1) is 25.5. The van der Waals surface area contributed by atoms with E-state index in [1.807, 2.05) is 53.4 Å². The number of anilines is 1. The number of carbonyl (C=O) groups is 6. The Hall–Kier alpha value is -5.34. The summed E-state index contributed by atoms with van der Waals surface area (Å²) in [4.78, 5) is 81.9. The van der Waals surface area contributed by atoms with E-state index in [9.17, 15) is 44.1 Å². The van der Waals surface area contributed by atoms with Gasteiger partial charge in [-0.05, 0) is 23.8 Å². The van der Waals surface area contributed by atoms with E-state index in [1.54, 1.807) is 19.6 Å². The molecule has 284 valence electrons. The molecule has 0 aliphatic carbocycles. The molecule has 0 aromatic heterocycles. The summed E-state index contributed by atoms with van der Waals surface area (Å²) < 4.78 is 0. The molecule has 1 fully saturated rings. The molecule has 0 atom stereocenters. The van der Waals surface area contributed by atoms with Crippen molar-refractivity contribution in [3.8, 4) is 11.8 Å². The van der Waals surface area contributed by atoms with Gasteiger partial charge in [-0.3, -0.25) is 48.4 Å². The molecule has 16 heteroatoms. The summed E-state index contributed by atoms with van der Waals surface area (Å²) in [5.74, 6) is 2.35. The number of para-hydroxylation sites is 1. The number of benzene rings is 2. The molecule has 0 bridgehead atoms. The second-order valence-electron chi connectivity index (χ2n) is 12.9. The lowest BCUT2D eigenvalue weighted by Crippen LogP contribution is -2.50. The van der Waals surface area contributed by atoms with Crippen molar-refractivity contribution in [3.63, 3.8) is 0 Å². The Morgan fingerprint density at radius 3 is 1.51 bits per heavy atom. The number of hydrogen-bond donors (Lipinski definition) is 5. The van der Waals surface area contributed by atoms with Gasteiger partial charge < -0.3 is 30.9 Å². The largest absolute Gasteiger partial charge is 0.480 e. The van der Waals surface area contributed by atoms with Crippen LogP contribution in [0.5, 0.6) is 0 Å². The Morgan fingerprint density at radius 1 is 0.547 bits per heavy atom. The number of fused-ring (bicyclic) bond motifs is 2. The van der Waals surface area contributed by atoms with Crippen LogP contribution in [0.1, 0.15) is 29.5 Å². The second-order valence-corrected chi connectivity index (χ2v) is 12.9. The third-order valence-corrected chi connectivity index (χ3v) is 8.88. The minimum absolute atomic E-state index is 0.0214. The Kier molecular flexibility index (Phi) is 15.7. The number of rotatable bonds is 14. The molecule has 2 aliphatic rings. The molecular weight excluding hydrogens is 686 g/mol. The maximum absolute atomic E-state index is 13.4. The van der Waals surface area contributed by atoms with Gasteiger partial charge in [0.05, 0.1) is 38.4 Å². The van der Waals surface area contributed by atoms with Gasteiger partial charge >= 0.3 is 17.9 Å². The van der Waals surface area contributed by atoms with Crippen LogP contribution in [0.25, 0.3) is 0 Å². The maximum Gasteiger partial charge on any atom is 0.317 e. The molecule has 4 rings (SSSR count). The van der Waals surface area contributed by atoms with Gasteiger partial charge in [0, 0.05) is 89.4 Å². The van der Waals surface area contributed by atoms with Crippen LogP contribution in [-0.4, -0.2) is 162 Å². The number of amides is 3. The summed E-state index contributed by atoms with van der Waals surface area (Å²) in [5, 5.41) is 33.7. The Morgan fingerprint density at radius 2 is 0.981 bits per heavy atom. The highest BCUT2D eigenvalue weighted by molar-refractivity contribution is 5.97. The van der Waals surface area contributed by atoms with Gasteiger partial charge in [0.25, 0.3) is 0 Å². The van der Waals surface area contributed by atoms with Crippen LogP contribution < -0.4 is 15.5 Å². The molecule has 2 heterocycles. The Bertz CT molecular complexity index is 1660. The van der Waals surface area contributed by atoms with Gasteiger partial charge in [0.1, 0.15) is 0 Å². The molecule has 1 saturated heterocycles. The van der Waals surface area contributed by atoms with Crippen molar-refractivity contribution in [3.05, 3.63) is 65.2 Å². The predicted octanol–water partition coefficient (Wildman–Crippen LogP) is -0.579. The monoisotopic (exact) mass is 733 g/mol. The van der Waals surface area contributed by atoms with E-state index in [0.717, 1.165) is 16.7 Å². The first-order valence-corrected chi connectivity index (χ1v) is 17.5. The molecule has 2 aromatic carbocycles. The minimum Gasteiger partial charge on any atom is -0.480 e. The van der Waals surface area contributed by atoms with E-state index in [1.165, 1.54) is 0 Å². The van der Waals surface area contributed by atoms with Crippen molar-refractivity contribution in [2.24, 2.45) is 0 Å². The van der Waals surface area contributed by atoms with E-state index < -0.39 is 17.9 Å².